The predicted molar refractivity (Wildman–Crippen MR) is 74.1 cm³/mol. The Balaban J connectivity index is 2.02. The van der Waals surface area contributed by atoms with Crippen molar-refractivity contribution in [3.8, 4) is 0 Å². The van der Waals surface area contributed by atoms with E-state index in [4.69, 9.17) is 0 Å². The van der Waals surface area contributed by atoms with Gasteiger partial charge >= 0.3 is 0 Å². The molecule has 3 rings (SSSR count). The summed E-state index contributed by atoms with van der Waals surface area (Å²) in [5.74, 6) is 0.0355. The SMILES string of the molecule is Cn1cc(C(=O)N2CCC[C@@H]2CO)c2ccccc21. The second-order valence-corrected chi connectivity index (χ2v) is 5.15. The van der Waals surface area contributed by atoms with Crippen LogP contribution in [0.15, 0.2) is 30.5 Å². The molecule has 2 heterocycles. The van der Waals surface area contributed by atoms with Gasteiger partial charge in [-0.15, -0.1) is 0 Å². The molecule has 2 aromatic rings. The highest BCUT2D eigenvalue weighted by molar-refractivity contribution is 6.07. The number of amides is 1. The Morgan fingerprint density at radius 1 is 1.42 bits per heavy atom. The van der Waals surface area contributed by atoms with Gasteiger partial charge in [0.15, 0.2) is 0 Å². The highest BCUT2D eigenvalue weighted by Crippen LogP contribution is 2.25. The van der Waals surface area contributed by atoms with Gasteiger partial charge in [0.1, 0.15) is 0 Å². The molecule has 1 N–H and O–H groups in total. The average molecular weight is 258 g/mol. The summed E-state index contributed by atoms with van der Waals surface area (Å²) >= 11 is 0. The second-order valence-electron chi connectivity index (χ2n) is 5.15. The Morgan fingerprint density at radius 3 is 3.00 bits per heavy atom. The van der Waals surface area contributed by atoms with Crippen LogP contribution in [0.2, 0.25) is 0 Å². The summed E-state index contributed by atoms with van der Waals surface area (Å²) < 4.78 is 1.98. The minimum Gasteiger partial charge on any atom is -0.394 e. The lowest BCUT2D eigenvalue weighted by molar-refractivity contribution is 0.0679. The molecule has 0 unspecified atom stereocenters. The number of para-hydroxylation sites is 1. The largest absolute Gasteiger partial charge is 0.394 e. The van der Waals surface area contributed by atoms with E-state index >= 15 is 0 Å². The van der Waals surface area contributed by atoms with Crippen molar-refractivity contribution in [3.63, 3.8) is 0 Å². The number of hydrogen-bond donors (Lipinski definition) is 1. The van der Waals surface area contributed by atoms with Gasteiger partial charge in [-0.3, -0.25) is 4.79 Å². The first-order chi connectivity index (χ1) is 9.22. The molecule has 1 amide bonds. The summed E-state index contributed by atoms with van der Waals surface area (Å²) in [5, 5.41) is 10.3. The van der Waals surface area contributed by atoms with Crippen LogP contribution in [0, 0.1) is 0 Å². The van der Waals surface area contributed by atoms with Gasteiger partial charge in [0.05, 0.1) is 18.2 Å². The van der Waals surface area contributed by atoms with Crippen molar-refractivity contribution in [3.05, 3.63) is 36.0 Å². The molecule has 4 heteroatoms. The van der Waals surface area contributed by atoms with Crippen LogP contribution in [0.5, 0.6) is 0 Å². The highest BCUT2D eigenvalue weighted by Gasteiger charge is 2.30. The molecular weight excluding hydrogens is 240 g/mol. The maximum Gasteiger partial charge on any atom is 0.256 e. The zero-order valence-corrected chi connectivity index (χ0v) is 11.0. The van der Waals surface area contributed by atoms with Gasteiger partial charge < -0.3 is 14.6 Å². The second kappa shape index (κ2) is 4.70. The van der Waals surface area contributed by atoms with E-state index in [-0.39, 0.29) is 18.6 Å². The minimum atomic E-state index is -0.0218. The molecule has 100 valence electrons. The fourth-order valence-corrected chi connectivity index (χ4v) is 2.96. The number of benzene rings is 1. The highest BCUT2D eigenvalue weighted by atomic mass is 16.3. The number of aliphatic hydroxyl groups is 1. The van der Waals surface area contributed by atoms with Crippen molar-refractivity contribution in [2.75, 3.05) is 13.2 Å². The maximum atomic E-state index is 12.6. The van der Waals surface area contributed by atoms with Crippen LogP contribution in [0.25, 0.3) is 10.9 Å². The van der Waals surface area contributed by atoms with Gasteiger partial charge in [-0.25, -0.2) is 0 Å². The molecule has 1 saturated heterocycles. The van der Waals surface area contributed by atoms with Gasteiger partial charge in [-0.05, 0) is 18.9 Å². The number of rotatable bonds is 2. The summed E-state index contributed by atoms with van der Waals surface area (Å²) in [5.41, 5.74) is 1.80. The van der Waals surface area contributed by atoms with Gasteiger partial charge in [0.25, 0.3) is 5.91 Å². The molecule has 1 aliphatic heterocycles. The molecule has 0 radical (unpaired) electrons. The van der Waals surface area contributed by atoms with Crippen LogP contribution in [0.4, 0.5) is 0 Å². The van der Waals surface area contributed by atoms with Crippen molar-refractivity contribution in [1.29, 1.82) is 0 Å². The van der Waals surface area contributed by atoms with Crippen molar-refractivity contribution >= 4 is 16.8 Å². The zero-order chi connectivity index (χ0) is 13.4. The molecular formula is C15H18N2O2. The van der Waals surface area contributed by atoms with Gasteiger partial charge in [-0.2, -0.15) is 0 Å². The normalized spacial score (nSPS) is 19.3. The Morgan fingerprint density at radius 2 is 2.21 bits per heavy atom. The monoisotopic (exact) mass is 258 g/mol. The lowest BCUT2D eigenvalue weighted by Crippen LogP contribution is -2.37. The Hall–Kier alpha value is -1.81. The van der Waals surface area contributed by atoms with Crippen LogP contribution < -0.4 is 0 Å². The van der Waals surface area contributed by atoms with Gasteiger partial charge in [0.2, 0.25) is 0 Å². The molecule has 0 saturated carbocycles. The molecule has 0 spiro atoms. The van der Waals surface area contributed by atoms with Crippen molar-refractivity contribution in [2.45, 2.75) is 18.9 Å². The average Bonchev–Trinajstić information content (AvgIpc) is 3.03. The summed E-state index contributed by atoms with van der Waals surface area (Å²) in [6.07, 6.45) is 3.76. The maximum absolute atomic E-state index is 12.6. The molecule has 1 atom stereocenters. The number of aliphatic hydroxyl groups excluding tert-OH is 1. The topological polar surface area (TPSA) is 45.5 Å². The lowest BCUT2D eigenvalue weighted by Gasteiger charge is -2.22. The van der Waals surface area contributed by atoms with E-state index < -0.39 is 0 Å². The first-order valence-electron chi connectivity index (χ1n) is 6.68. The molecule has 1 aliphatic rings. The molecule has 1 aromatic heterocycles. The quantitative estimate of drug-likeness (QED) is 0.892. The Bertz CT molecular complexity index is 618. The van der Waals surface area contributed by atoms with E-state index in [0.29, 0.717) is 0 Å². The molecule has 1 fully saturated rings. The fourth-order valence-electron chi connectivity index (χ4n) is 2.96. The smallest absolute Gasteiger partial charge is 0.256 e. The molecule has 0 bridgehead atoms. The van der Waals surface area contributed by atoms with Gasteiger partial charge in [-0.1, -0.05) is 18.2 Å². The summed E-state index contributed by atoms with van der Waals surface area (Å²) in [6.45, 7) is 0.795. The van der Waals surface area contributed by atoms with E-state index in [1.165, 1.54) is 0 Å². The molecule has 1 aromatic carbocycles. The van der Waals surface area contributed by atoms with Crippen molar-refractivity contribution in [1.82, 2.24) is 9.47 Å². The van der Waals surface area contributed by atoms with Crippen molar-refractivity contribution < 1.29 is 9.90 Å². The fraction of sp³-hybridized carbons (Fsp3) is 0.400. The molecule has 0 aliphatic carbocycles. The number of fused-ring (bicyclic) bond motifs is 1. The summed E-state index contributed by atoms with van der Waals surface area (Å²) in [4.78, 5) is 14.5. The third-order valence-electron chi connectivity index (χ3n) is 3.98. The number of likely N-dealkylation sites (tertiary alicyclic amines) is 1. The van der Waals surface area contributed by atoms with Crippen LogP contribution in [0.1, 0.15) is 23.2 Å². The number of carbonyl (C=O) groups excluding carboxylic acids is 1. The summed E-state index contributed by atoms with van der Waals surface area (Å²) in [6, 6.07) is 7.90. The first kappa shape index (κ1) is 12.2. The number of hydrogen-bond acceptors (Lipinski definition) is 2. The zero-order valence-electron chi connectivity index (χ0n) is 11.0. The van der Waals surface area contributed by atoms with E-state index in [1.54, 1.807) is 0 Å². The van der Waals surface area contributed by atoms with Crippen LogP contribution in [-0.4, -0.2) is 39.7 Å². The Kier molecular flexibility index (Phi) is 3.03. The third-order valence-corrected chi connectivity index (χ3v) is 3.98. The lowest BCUT2D eigenvalue weighted by atomic mass is 10.1. The van der Waals surface area contributed by atoms with E-state index in [0.717, 1.165) is 35.9 Å². The first-order valence-corrected chi connectivity index (χ1v) is 6.68. The number of nitrogens with zero attached hydrogens (tertiary/aromatic N) is 2. The number of aryl methyl sites for hydroxylation is 1. The molecule has 19 heavy (non-hydrogen) atoms. The standard InChI is InChI=1S/C15H18N2O2/c1-16-9-13(12-6-2-3-7-14(12)16)15(19)17-8-4-5-11(17)10-18/h2-3,6-7,9,11,18H,4-5,8,10H2,1H3/t11-/m1/s1. The molecule has 4 nitrogen and oxygen atoms in total. The number of carbonyl (C=O) groups is 1. The van der Waals surface area contributed by atoms with E-state index in [2.05, 4.69) is 0 Å². The number of aromatic nitrogens is 1. The van der Waals surface area contributed by atoms with Crippen LogP contribution >= 0.6 is 0 Å². The Labute approximate surface area is 112 Å². The summed E-state index contributed by atoms with van der Waals surface area (Å²) in [7, 11) is 1.95. The van der Waals surface area contributed by atoms with Gasteiger partial charge in [0, 0.05) is 30.7 Å². The van der Waals surface area contributed by atoms with E-state index in [1.807, 2.05) is 47.0 Å². The minimum absolute atomic E-state index is 0.0218. The van der Waals surface area contributed by atoms with Crippen LogP contribution in [0.3, 0.4) is 0 Å². The predicted octanol–water partition coefficient (Wildman–Crippen LogP) is 1.78. The van der Waals surface area contributed by atoms with Crippen LogP contribution in [-0.2, 0) is 7.05 Å². The third kappa shape index (κ3) is 1.92. The van der Waals surface area contributed by atoms with E-state index in [9.17, 15) is 9.90 Å². The van der Waals surface area contributed by atoms with Crippen molar-refractivity contribution in [2.24, 2.45) is 7.05 Å².